The molecule has 2 fully saturated rings. The van der Waals surface area contributed by atoms with Gasteiger partial charge < -0.3 is 24.4 Å². The Morgan fingerprint density at radius 2 is 1.77 bits per heavy atom. The molecule has 2 aliphatic rings. The first-order chi connectivity index (χ1) is 21.2. The highest BCUT2D eigenvalue weighted by Gasteiger charge is 2.37. The van der Waals surface area contributed by atoms with E-state index in [4.69, 9.17) is 14.2 Å². The predicted molar refractivity (Wildman–Crippen MR) is 161 cm³/mol. The number of aliphatic hydroxyl groups is 1. The zero-order valence-corrected chi connectivity index (χ0v) is 25.1. The standard InChI is InChI=1S/C33H41F2N3O6/c1-42-26-2-3-29-28(19-26)32(23(21-36-29)22-38-10-13-43-14-11-38)30(39)4-5-33(20-31(40)41)6-8-37(9-7-33)12-15-44-27-17-24(34)16-25(35)18-27/h2-3,16-19,21,30,39H,4-15,20,22H2,1H3,(H,40,41). The van der Waals surface area contributed by atoms with Crippen LogP contribution in [0.4, 0.5) is 8.78 Å². The number of halogens is 2. The van der Waals surface area contributed by atoms with E-state index in [9.17, 15) is 23.8 Å². The molecule has 0 saturated carbocycles. The number of nitrogens with zero attached hydrogens (tertiary/aromatic N) is 3. The maximum atomic E-state index is 13.5. The normalized spacial score (nSPS) is 18.3. The number of morpholine rings is 1. The van der Waals surface area contributed by atoms with Crippen molar-refractivity contribution in [2.24, 2.45) is 5.41 Å². The summed E-state index contributed by atoms with van der Waals surface area (Å²) in [5.74, 6) is -1.41. The van der Waals surface area contributed by atoms with Crippen LogP contribution in [0.1, 0.15) is 49.3 Å². The highest BCUT2D eigenvalue weighted by Crippen LogP contribution is 2.42. The van der Waals surface area contributed by atoms with Crippen molar-refractivity contribution >= 4 is 16.9 Å². The lowest BCUT2D eigenvalue weighted by atomic mass is 9.71. The molecule has 2 aliphatic heterocycles. The van der Waals surface area contributed by atoms with Crippen molar-refractivity contribution in [2.75, 3.05) is 59.7 Å². The van der Waals surface area contributed by atoms with Gasteiger partial charge in [0.2, 0.25) is 0 Å². The molecule has 1 aromatic heterocycles. The molecule has 1 unspecified atom stereocenters. The van der Waals surface area contributed by atoms with E-state index < -0.39 is 29.1 Å². The summed E-state index contributed by atoms with van der Waals surface area (Å²) < 4.78 is 43.5. The summed E-state index contributed by atoms with van der Waals surface area (Å²) in [4.78, 5) is 21.1. The van der Waals surface area contributed by atoms with E-state index in [-0.39, 0.29) is 18.8 Å². The summed E-state index contributed by atoms with van der Waals surface area (Å²) in [6.45, 7) is 5.72. The van der Waals surface area contributed by atoms with Crippen molar-refractivity contribution in [1.82, 2.24) is 14.8 Å². The zero-order valence-electron chi connectivity index (χ0n) is 25.1. The Bertz CT molecular complexity index is 1410. The number of hydrogen-bond donors (Lipinski definition) is 2. The summed E-state index contributed by atoms with van der Waals surface area (Å²) in [7, 11) is 1.61. The van der Waals surface area contributed by atoms with E-state index in [0.29, 0.717) is 70.8 Å². The molecule has 11 heteroatoms. The Morgan fingerprint density at radius 1 is 1.05 bits per heavy atom. The first kappa shape index (κ1) is 32.0. The van der Waals surface area contributed by atoms with Gasteiger partial charge in [-0.05, 0) is 73.5 Å². The van der Waals surface area contributed by atoms with Crippen molar-refractivity contribution in [3.05, 3.63) is 65.4 Å². The van der Waals surface area contributed by atoms with Crippen LogP contribution >= 0.6 is 0 Å². The number of aliphatic carboxylic acids is 1. The van der Waals surface area contributed by atoms with Gasteiger partial charge in [0, 0.05) is 56.0 Å². The Morgan fingerprint density at radius 3 is 2.45 bits per heavy atom. The number of rotatable bonds is 13. The van der Waals surface area contributed by atoms with Crippen LogP contribution in [-0.4, -0.2) is 90.6 Å². The van der Waals surface area contributed by atoms with Crippen LogP contribution < -0.4 is 9.47 Å². The van der Waals surface area contributed by atoms with Crippen molar-refractivity contribution in [1.29, 1.82) is 0 Å². The average molecular weight is 614 g/mol. The summed E-state index contributed by atoms with van der Waals surface area (Å²) in [5.41, 5.74) is 2.07. The van der Waals surface area contributed by atoms with Crippen LogP contribution in [0, 0.1) is 17.0 Å². The van der Waals surface area contributed by atoms with Gasteiger partial charge in [-0.3, -0.25) is 19.6 Å². The minimum absolute atomic E-state index is 0.0260. The second-order valence-electron chi connectivity index (χ2n) is 11.9. The lowest BCUT2D eigenvalue weighted by Gasteiger charge is -2.41. The SMILES string of the molecule is COc1ccc2ncc(CN3CCOCC3)c(C(O)CCC3(CC(=O)O)CCN(CCOc4cc(F)cc(F)c4)CC3)c2c1. The Labute approximate surface area is 256 Å². The van der Waals surface area contributed by atoms with E-state index >= 15 is 0 Å². The molecule has 9 nitrogen and oxygen atoms in total. The second kappa shape index (κ2) is 14.6. The van der Waals surface area contributed by atoms with Gasteiger partial charge in [0.25, 0.3) is 0 Å². The third-order valence-electron chi connectivity index (χ3n) is 8.93. The fourth-order valence-corrected chi connectivity index (χ4v) is 6.46. The Balaban J connectivity index is 1.27. The van der Waals surface area contributed by atoms with Crippen molar-refractivity contribution in [3.8, 4) is 11.5 Å². The molecule has 44 heavy (non-hydrogen) atoms. The molecule has 0 radical (unpaired) electrons. The molecule has 0 bridgehead atoms. The minimum atomic E-state index is -0.850. The van der Waals surface area contributed by atoms with Gasteiger partial charge in [0.05, 0.1) is 38.4 Å². The number of aliphatic hydroxyl groups excluding tert-OH is 1. The van der Waals surface area contributed by atoms with Gasteiger partial charge >= 0.3 is 5.97 Å². The van der Waals surface area contributed by atoms with E-state index in [1.807, 2.05) is 24.4 Å². The highest BCUT2D eigenvalue weighted by atomic mass is 19.1. The molecular formula is C33H41F2N3O6. The van der Waals surface area contributed by atoms with E-state index in [1.54, 1.807) is 7.11 Å². The lowest BCUT2D eigenvalue weighted by Crippen LogP contribution is -2.42. The number of aromatic nitrogens is 1. The first-order valence-electron chi connectivity index (χ1n) is 15.2. The first-order valence-corrected chi connectivity index (χ1v) is 15.2. The number of ether oxygens (including phenoxy) is 3. The van der Waals surface area contributed by atoms with Crippen LogP contribution in [0.15, 0.2) is 42.6 Å². The molecule has 2 aromatic carbocycles. The topological polar surface area (TPSA) is 105 Å². The van der Waals surface area contributed by atoms with Crippen LogP contribution in [0.25, 0.3) is 10.9 Å². The fourth-order valence-electron chi connectivity index (χ4n) is 6.46. The van der Waals surface area contributed by atoms with Crippen LogP contribution in [0.2, 0.25) is 0 Å². The van der Waals surface area contributed by atoms with Gasteiger partial charge in [-0.1, -0.05) is 0 Å². The predicted octanol–water partition coefficient (Wildman–Crippen LogP) is 4.80. The minimum Gasteiger partial charge on any atom is -0.497 e. The smallest absolute Gasteiger partial charge is 0.303 e. The van der Waals surface area contributed by atoms with Crippen molar-refractivity contribution in [3.63, 3.8) is 0 Å². The van der Waals surface area contributed by atoms with E-state index in [1.165, 1.54) is 0 Å². The van der Waals surface area contributed by atoms with Gasteiger partial charge in [-0.2, -0.15) is 0 Å². The molecule has 0 spiro atoms. The van der Waals surface area contributed by atoms with Crippen LogP contribution in [0.3, 0.4) is 0 Å². The number of carbonyl (C=O) groups is 1. The maximum absolute atomic E-state index is 13.5. The van der Waals surface area contributed by atoms with E-state index in [0.717, 1.165) is 53.3 Å². The number of fused-ring (bicyclic) bond motifs is 1. The molecule has 2 saturated heterocycles. The highest BCUT2D eigenvalue weighted by molar-refractivity contribution is 5.85. The number of hydrogen-bond acceptors (Lipinski definition) is 8. The monoisotopic (exact) mass is 613 g/mol. The number of piperidine rings is 1. The quantitative estimate of drug-likeness (QED) is 0.281. The molecule has 0 amide bonds. The van der Waals surface area contributed by atoms with Gasteiger partial charge in [0.15, 0.2) is 0 Å². The third-order valence-corrected chi connectivity index (χ3v) is 8.93. The number of pyridine rings is 1. The van der Waals surface area contributed by atoms with Crippen LogP contribution in [0.5, 0.6) is 11.5 Å². The molecule has 238 valence electrons. The molecule has 3 aromatic rings. The number of benzene rings is 2. The number of carboxylic acids is 1. The maximum Gasteiger partial charge on any atom is 0.303 e. The second-order valence-corrected chi connectivity index (χ2v) is 11.9. The third kappa shape index (κ3) is 8.20. The van der Waals surface area contributed by atoms with E-state index in [2.05, 4.69) is 14.8 Å². The summed E-state index contributed by atoms with van der Waals surface area (Å²) in [5, 5.41) is 22.4. The van der Waals surface area contributed by atoms with Crippen molar-refractivity contribution < 1.29 is 38.0 Å². The summed E-state index contributed by atoms with van der Waals surface area (Å²) in [6, 6.07) is 8.75. The van der Waals surface area contributed by atoms with Gasteiger partial charge in [-0.25, -0.2) is 8.78 Å². The Kier molecular flexibility index (Phi) is 10.6. The zero-order chi connectivity index (χ0) is 31.1. The molecule has 2 N–H and O–H groups in total. The number of methoxy groups -OCH3 is 1. The van der Waals surface area contributed by atoms with Crippen LogP contribution in [-0.2, 0) is 16.1 Å². The fraction of sp³-hybridized carbons (Fsp3) is 0.515. The average Bonchev–Trinajstić information content (AvgIpc) is 3.00. The molecule has 0 aliphatic carbocycles. The molecule has 5 rings (SSSR count). The molecule has 3 heterocycles. The van der Waals surface area contributed by atoms with Crippen molar-refractivity contribution in [2.45, 2.75) is 44.8 Å². The summed E-state index contributed by atoms with van der Waals surface area (Å²) in [6.07, 6.45) is 3.34. The van der Waals surface area contributed by atoms with Gasteiger partial charge in [-0.15, -0.1) is 0 Å². The summed E-state index contributed by atoms with van der Waals surface area (Å²) >= 11 is 0. The molecule has 1 atom stereocenters. The number of likely N-dealkylation sites (tertiary alicyclic amines) is 1. The number of carboxylic acid groups (broad SMARTS) is 1. The molecular weight excluding hydrogens is 572 g/mol. The van der Waals surface area contributed by atoms with Gasteiger partial charge in [0.1, 0.15) is 29.7 Å². The lowest BCUT2D eigenvalue weighted by molar-refractivity contribution is -0.141. The largest absolute Gasteiger partial charge is 0.497 e. The Hall–Kier alpha value is -3.38.